The molecule has 1 aromatic rings. The van der Waals surface area contributed by atoms with Gasteiger partial charge in [-0.2, -0.15) is 0 Å². The number of unbranched alkanes of at least 4 members (excludes halogenated alkanes) is 42. The number of benzene rings is 1. The van der Waals surface area contributed by atoms with Gasteiger partial charge in [0.2, 0.25) is 0 Å². The molecule has 1 aromatic carbocycles. The van der Waals surface area contributed by atoms with Crippen molar-refractivity contribution in [3.63, 3.8) is 0 Å². The standard InChI is InChI=1S/C54H94O10.C18H36O2/c1-4-6-8-10-12-14-16-18-20-22-24-26-28-30-32-35-51(57)62-48-43-53(59-3)63-49(45-61-50(56)37-34-42-60-47-40-38-46(44-55)39-41-47)54(48)64-52(58)36-33-31-29-27-25-23-21-19-17-15-13-11-9-7-5-2;1-2-3-4-5-6-7-8-9-10-11-12-13-14-15-16-17-18(19)20/h38-41,48-49,53-55H,4-37,42-45H2,1-3H3;2-17H2,1H3,(H,19,20). The molecular formula is C72H130O12. The van der Waals surface area contributed by atoms with E-state index in [2.05, 4.69) is 20.8 Å². The molecule has 2 rings (SSSR count). The molecule has 1 aliphatic heterocycles. The Bertz CT molecular complexity index is 1620. The SMILES string of the molecule is CCCCCCCCCCCCCCCCCC(=O)O.CCCCCCCCCCCCCCCCCC(=O)OC1CC(OC)OC(COC(=O)CCCOc2ccc(CO)cc2)C1OC(=O)CCCCCCCCCCCCCCCCC. The molecule has 490 valence electrons. The Morgan fingerprint density at radius 3 is 1.12 bits per heavy atom. The number of carboxylic acid groups (broad SMARTS) is 1. The van der Waals surface area contributed by atoms with Crippen LogP contribution < -0.4 is 4.74 Å². The first-order valence-electron chi connectivity index (χ1n) is 35.4. The smallest absolute Gasteiger partial charge is 0.306 e. The number of carbonyl (C=O) groups is 4. The zero-order valence-corrected chi connectivity index (χ0v) is 54.8. The Balaban J connectivity index is 0.00000149. The third kappa shape index (κ3) is 49.8. The van der Waals surface area contributed by atoms with Gasteiger partial charge in [-0.05, 0) is 43.4 Å². The zero-order valence-electron chi connectivity index (χ0n) is 54.8. The first-order chi connectivity index (χ1) is 41.2. The summed E-state index contributed by atoms with van der Waals surface area (Å²) >= 11 is 0. The lowest BCUT2D eigenvalue weighted by molar-refractivity contribution is -0.261. The highest BCUT2D eigenvalue weighted by Crippen LogP contribution is 2.28. The van der Waals surface area contributed by atoms with Crippen LogP contribution in [-0.2, 0) is 49.5 Å². The largest absolute Gasteiger partial charge is 0.494 e. The maximum atomic E-state index is 13.3. The number of methoxy groups -OCH3 is 1. The Morgan fingerprint density at radius 1 is 0.440 bits per heavy atom. The predicted molar refractivity (Wildman–Crippen MR) is 344 cm³/mol. The maximum Gasteiger partial charge on any atom is 0.306 e. The van der Waals surface area contributed by atoms with Gasteiger partial charge in [-0.3, -0.25) is 19.2 Å². The fourth-order valence-corrected chi connectivity index (χ4v) is 11.2. The van der Waals surface area contributed by atoms with E-state index in [0.29, 0.717) is 31.6 Å². The van der Waals surface area contributed by atoms with Gasteiger partial charge in [0.25, 0.3) is 0 Å². The molecule has 0 aliphatic carbocycles. The number of rotatable bonds is 59. The molecule has 1 heterocycles. The van der Waals surface area contributed by atoms with Crippen molar-refractivity contribution in [2.24, 2.45) is 0 Å². The van der Waals surface area contributed by atoms with Gasteiger partial charge in [-0.25, -0.2) is 0 Å². The molecule has 4 atom stereocenters. The summed E-state index contributed by atoms with van der Waals surface area (Å²) in [4.78, 5) is 49.6. The van der Waals surface area contributed by atoms with Crippen molar-refractivity contribution in [3.8, 4) is 5.75 Å². The van der Waals surface area contributed by atoms with Crippen molar-refractivity contribution < 1.29 is 57.8 Å². The van der Waals surface area contributed by atoms with Crippen LogP contribution in [0.3, 0.4) is 0 Å². The third-order valence-corrected chi connectivity index (χ3v) is 16.6. The first-order valence-corrected chi connectivity index (χ1v) is 35.4. The van der Waals surface area contributed by atoms with Crippen LogP contribution >= 0.6 is 0 Å². The molecule has 12 heteroatoms. The number of esters is 3. The van der Waals surface area contributed by atoms with Gasteiger partial charge in [-0.1, -0.05) is 303 Å². The van der Waals surface area contributed by atoms with Crippen LogP contribution in [0.4, 0.5) is 0 Å². The van der Waals surface area contributed by atoms with E-state index in [0.717, 1.165) is 56.9 Å². The number of aliphatic hydroxyl groups is 1. The van der Waals surface area contributed by atoms with E-state index >= 15 is 0 Å². The second kappa shape index (κ2) is 60.1. The fraction of sp³-hybridized carbons (Fsp3) is 0.861. The normalized spacial score (nSPS) is 15.8. The molecule has 12 nitrogen and oxygen atoms in total. The Hall–Kier alpha value is -3.22. The number of hydrogen-bond acceptors (Lipinski definition) is 11. The van der Waals surface area contributed by atoms with Crippen LogP contribution in [0, 0.1) is 0 Å². The number of aliphatic carboxylic acids is 1. The minimum atomic E-state index is -0.932. The van der Waals surface area contributed by atoms with E-state index in [1.165, 1.54) is 245 Å². The van der Waals surface area contributed by atoms with E-state index < -0.39 is 36.5 Å². The lowest BCUT2D eigenvalue weighted by Gasteiger charge is -2.39. The third-order valence-electron chi connectivity index (χ3n) is 16.6. The highest BCUT2D eigenvalue weighted by molar-refractivity contribution is 5.71. The number of aliphatic hydroxyl groups excluding tert-OH is 1. The van der Waals surface area contributed by atoms with Gasteiger partial charge >= 0.3 is 23.9 Å². The second-order valence-corrected chi connectivity index (χ2v) is 24.5. The van der Waals surface area contributed by atoms with Gasteiger partial charge in [0.05, 0.1) is 13.2 Å². The Labute approximate surface area is 514 Å². The monoisotopic (exact) mass is 1190 g/mol. The predicted octanol–water partition coefficient (Wildman–Crippen LogP) is 20.3. The van der Waals surface area contributed by atoms with Crippen LogP contribution in [0.2, 0.25) is 0 Å². The van der Waals surface area contributed by atoms with Crippen molar-refractivity contribution in [1.29, 1.82) is 0 Å². The van der Waals surface area contributed by atoms with E-state index in [9.17, 15) is 24.3 Å². The average molecular weight is 1190 g/mol. The van der Waals surface area contributed by atoms with Gasteiger partial charge < -0.3 is 38.6 Å². The van der Waals surface area contributed by atoms with Crippen molar-refractivity contribution >= 4 is 23.9 Å². The van der Waals surface area contributed by atoms with Crippen molar-refractivity contribution in [2.75, 3.05) is 20.3 Å². The molecule has 0 radical (unpaired) electrons. The van der Waals surface area contributed by atoms with Gasteiger partial charge in [0.15, 0.2) is 12.4 Å². The van der Waals surface area contributed by atoms with Crippen LogP contribution in [0.25, 0.3) is 0 Å². The molecule has 4 unspecified atom stereocenters. The summed E-state index contributed by atoms with van der Waals surface area (Å²) in [7, 11) is 1.52. The Kier molecular flexibility index (Phi) is 56.4. The molecule has 84 heavy (non-hydrogen) atoms. The number of carboxylic acids is 1. The van der Waals surface area contributed by atoms with Crippen molar-refractivity contribution in [2.45, 2.75) is 379 Å². The summed E-state index contributed by atoms with van der Waals surface area (Å²) in [5.41, 5.74) is 0.794. The maximum absolute atomic E-state index is 13.3. The summed E-state index contributed by atoms with van der Waals surface area (Å²) in [5.74, 6) is -1.14. The van der Waals surface area contributed by atoms with Crippen molar-refractivity contribution in [1.82, 2.24) is 0 Å². The lowest BCUT2D eigenvalue weighted by atomic mass is 10.0. The van der Waals surface area contributed by atoms with E-state index in [-0.39, 0.29) is 44.4 Å². The first kappa shape index (κ1) is 78.8. The molecule has 0 spiro atoms. The average Bonchev–Trinajstić information content (AvgIpc) is 3.52. The molecule has 0 saturated carbocycles. The highest BCUT2D eigenvalue weighted by atomic mass is 16.7. The minimum absolute atomic E-state index is 0.0374. The number of carbonyl (C=O) groups excluding carboxylic acids is 3. The van der Waals surface area contributed by atoms with E-state index in [1.54, 1.807) is 24.3 Å². The zero-order chi connectivity index (χ0) is 61.0. The topological polar surface area (TPSA) is 164 Å². The van der Waals surface area contributed by atoms with Crippen LogP contribution in [0.15, 0.2) is 24.3 Å². The molecular weight excluding hydrogens is 1060 g/mol. The van der Waals surface area contributed by atoms with Gasteiger partial charge in [-0.15, -0.1) is 0 Å². The molecule has 2 N–H and O–H groups in total. The molecule has 0 amide bonds. The quantitative estimate of drug-likeness (QED) is 0.0361. The molecule has 1 saturated heterocycles. The highest BCUT2D eigenvalue weighted by Gasteiger charge is 2.44. The summed E-state index contributed by atoms with van der Waals surface area (Å²) < 4.78 is 35.1. The van der Waals surface area contributed by atoms with Crippen LogP contribution in [-0.4, -0.2) is 79.0 Å². The molecule has 1 aliphatic rings. The summed E-state index contributed by atoms with van der Waals surface area (Å²) in [6.45, 7) is 6.90. The van der Waals surface area contributed by atoms with Crippen LogP contribution in [0.5, 0.6) is 5.75 Å². The molecule has 1 fully saturated rings. The Morgan fingerprint density at radius 2 is 0.774 bits per heavy atom. The summed E-state index contributed by atoms with van der Waals surface area (Å²) in [5, 5.41) is 17.8. The number of hydrogen-bond donors (Lipinski definition) is 2. The second-order valence-electron chi connectivity index (χ2n) is 24.5. The fourth-order valence-electron chi connectivity index (χ4n) is 11.2. The van der Waals surface area contributed by atoms with Crippen molar-refractivity contribution in [3.05, 3.63) is 29.8 Å². The summed E-state index contributed by atoms with van der Waals surface area (Å²) in [6.07, 6.45) is 55.6. The van der Waals surface area contributed by atoms with Crippen LogP contribution in [0.1, 0.15) is 354 Å². The minimum Gasteiger partial charge on any atom is -0.494 e. The van der Waals surface area contributed by atoms with E-state index in [1.807, 2.05) is 0 Å². The lowest BCUT2D eigenvalue weighted by Crippen LogP contribution is -2.54. The molecule has 0 bridgehead atoms. The van der Waals surface area contributed by atoms with Gasteiger partial charge in [0.1, 0.15) is 24.6 Å². The number of ether oxygens (including phenoxy) is 6. The molecule has 0 aromatic heterocycles. The van der Waals surface area contributed by atoms with E-state index in [4.69, 9.17) is 33.5 Å². The van der Waals surface area contributed by atoms with Gasteiger partial charge in [0, 0.05) is 39.2 Å². The summed E-state index contributed by atoms with van der Waals surface area (Å²) in [6, 6.07) is 7.14.